The van der Waals surface area contributed by atoms with Gasteiger partial charge < -0.3 is 9.64 Å². The molecule has 0 radical (unpaired) electrons. The van der Waals surface area contributed by atoms with E-state index in [-0.39, 0.29) is 6.09 Å². The molecule has 1 saturated heterocycles. The van der Waals surface area contributed by atoms with Crippen LogP contribution in [0, 0.1) is 5.92 Å². The van der Waals surface area contributed by atoms with Crippen LogP contribution >= 0.6 is 0 Å². The van der Waals surface area contributed by atoms with Crippen LogP contribution in [-0.4, -0.2) is 30.2 Å². The van der Waals surface area contributed by atoms with Gasteiger partial charge >= 0.3 is 6.09 Å². The van der Waals surface area contributed by atoms with E-state index in [2.05, 4.69) is 0 Å². The molecule has 13 heavy (non-hydrogen) atoms. The summed E-state index contributed by atoms with van der Waals surface area (Å²) >= 11 is 0. The van der Waals surface area contributed by atoms with Gasteiger partial charge in [0.2, 0.25) is 0 Å². The minimum absolute atomic E-state index is 0.106. The van der Waals surface area contributed by atoms with Crippen molar-refractivity contribution in [2.75, 3.05) is 13.2 Å². The molecule has 0 aromatic heterocycles. The summed E-state index contributed by atoms with van der Waals surface area (Å²) in [6.45, 7) is 3.28. The first-order chi connectivity index (χ1) is 6.33. The molecule has 0 aromatic rings. The van der Waals surface area contributed by atoms with Crippen molar-refractivity contribution in [3.8, 4) is 0 Å². The Morgan fingerprint density at radius 1 is 1.46 bits per heavy atom. The molecule has 3 heteroatoms. The Morgan fingerprint density at radius 2 is 2.23 bits per heavy atom. The molecule has 2 aliphatic rings. The minimum atomic E-state index is -0.106. The van der Waals surface area contributed by atoms with Gasteiger partial charge in [0.25, 0.3) is 0 Å². The molecule has 1 heterocycles. The summed E-state index contributed by atoms with van der Waals surface area (Å²) in [6.07, 6.45) is 5.00. The second-order valence-electron chi connectivity index (χ2n) is 3.96. The standard InChI is InChI=1S/C10H17NO2/c1-2-13-10(12)11-7-8-5-3-4-6-9(8)11/h8-9H,2-7H2,1H3/t8-,9-/m1/s1. The lowest BCUT2D eigenvalue weighted by atomic mass is 9.77. The van der Waals surface area contributed by atoms with Crippen molar-refractivity contribution in [1.82, 2.24) is 4.90 Å². The maximum absolute atomic E-state index is 11.4. The van der Waals surface area contributed by atoms with Crippen LogP contribution < -0.4 is 0 Å². The Hall–Kier alpha value is -0.730. The smallest absolute Gasteiger partial charge is 0.410 e. The Bertz CT molecular complexity index is 205. The van der Waals surface area contributed by atoms with Crippen LogP contribution in [0.25, 0.3) is 0 Å². The van der Waals surface area contributed by atoms with Gasteiger partial charge in [0, 0.05) is 12.6 Å². The maximum atomic E-state index is 11.4. The number of fused-ring (bicyclic) bond motifs is 1. The largest absolute Gasteiger partial charge is 0.450 e. The highest BCUT2D eigenvalue weighted by Crippen LogP contribution is 2.37. The summed E-state index contributed by atoms with van der Waals surface area (Å²) in [7, 11) is 0. The number of hydrogen-bond donors (Lipinski definition) is 0. The number of nitrogens with zero attached hydrogens (tertiary/aromatic N) is 1. The van der Waals surface area contributed by atoms with Crippen LogP contribution in [0.2, 0.25) is 0 Å². The van der Waals surface area contributed by atoms with Crippen LogP contribution in [0.3, 0.4) is 0 Å². The van der Waals surface area contributed by atoms with E-state index in [1.54, 1.807) is 0 Å². The molecule has 0 N–H and O–H groups in total. The van der Waals surface area contributed by atoms with Crippen molar-refractivity contribution < 1.29 is 9.53 Å². The Kier molecular flexibility index (Phi) is 2.42. The molecule has 1 aliphatic heterocycles. The van der Waals surface area contributed by atoms with Gasteiger partial charge in [0.1, 0.15) is 0 Å². The molecule has 74 valence electrons. The molecule has 1 saturated carbocycles. The van der Waals surface area contributed by atoms with E-state index in [0.29, 0.717) is 12.6 Å². The lowest BCUT2D eigenvalue weighted by molar-refractivity contribution is -0.0130. The van der Waals surface area contributed by atoms with Crippen molar-refractivity contribution in [3.63, 3.8) is 0 Å². The first-order valence-corrected chi connectivity index (χ1v) is 5.26. The summed E-state index contributed by atoms with van der Waals surface area (Å²) in [6, 6.07) is 0.507. The minimum Gasteiger partial charge on any atom is -0.450 e. The quantitative estimate of drug-likeness (QED) is 0.622. The van der Waals surface area contributed by atoms with Crippen molar-refractivity contribution in [2.45, 2.75) is 38.6 Å². The van der Waals surface area contributed by atoms with Gasteiger partial charge in [-0.15, -0.1) is 0 Å². The molecule has 0 bridgehead atoms. The molecule has 2 atom stereocenters. The van der Waals surface area contributed by atoms with E-state index >= 15 is 0 Å². The highest BCUT2D eigenvalue weighted by Gasteiger charge is 2.43. The molecular weight excluding hydrogens is 166 g/mol. The molecule has 1 aliphatic carbocycles. The van der Waals surface area contributed by atoms with E-state index in [9.17, 15) is 4.79 Å². The van der Waals surface area contributed by atoms with Crippen LogP contribution in [0.4, 0.5) is 4.79 Å². The predicted molar refractivity (Wildman–Crippen MR) is 49.5 cm³/mol. The highest BCUT2D eigenvalue weighted by molar-refractivity contribution is 5.69. The fraction of sp³-hybridized carbons (Fsp3) is 0.900. The lowest BCUT2D eigenvalue weighted by Crippen LogP contribution is -2.59. The van der Waals surface area contributed by atoms with Crippen molar-refractivity contribution >= 4 is 6.09 Å². The fourth-order valence-corrected chi connectivity index (χ4v) is 2.48. The zero-order valence-electron chi connectivity index (χ0n) is 8.16. The topological polar surface area (TPSA) is 29.5 Å². The number of amides is 1. The summed E-state index contributed by atoms with van der Waals surface area (Å²) < 4.78 is 4.98. The van der Waals surface area contributed by atoms with Crippen molar-refractivity contribution in [1.29, 1.82) is 0 Å². The number of carbonyl (C=O) groups excluding carboxylic acids is 1. The van der Waals surface area contributed by atoms with Gasteiger partial charge in [-0.2, -0.15) is 0 Å². The number of likely N-dealkylation sites (tertiary alicyclic amines) is 1. The number of carbonyl (C=O) groups is 1. The Labute approximate surface area is 79.0 Å². The molecule has 3 nitrogen and oxygen atoms in total. The Morgan fingerprint density at radius 3 is 2.92 bits per heavy atom. The first-order valence-electron chi connectivity index (χ1n) is 5.26. The summed E-state index contributed by atoms with van der Waals surface area (Å²) in [5.41, 5.74) is 0. The fourth-order valence-electron chi connectivity index (χ4n) is 2.48. The molecule has 2 rings (SSSR count). The van der Waals surface area contributed by atoms with Crippen LogP contribution in [0.5, 0.6) is 0 Å². The van der Waals surface area contributed by atoms with Gasteiger partial charge in [-0.25, -0.2) is 4.79 Å². The predicted octanol–water partition coefficient (Wildman–Crippen LogP) is 2.02. The summed E-state index contributed by atoms with van der Waals surface area (Å²) in [5, 5.41) is 0. The third-order valence-electron chi connectivity index (χ3n) is 3.20. The monoisotopic (exact) mass is 183 g/mol. The van der Waals surface area contributed by atoms with E-state index in [4.69, 9.17) is 4.74 Å². The molecule has 0 unspecified atom stereocenters. The van der Waals surface area contributed by atoms with E-state index in [1.165, 1.54) is 25.7 Å². The third-order valence-corrected chi connectivity index (χ3v) is 3.20. The normalized spacial score (nSPS) is 31.9. The lowest BCUT2D eigenvalue weighted by Gasteiger charge is -2.49. The number of rotatable bonds is 1. The zero-order valence-corrected chi connectivity index (χ0v) is 8.16. The van der Waals surface area contributed by atoms with E-state index in [0.717, 1.165) is 12.5 Å². The van der Waals surface area contributed by atoms with Crippen molar-refractivity contribution in [3.05, 3.63) is 0 Å². The molecule has 0 spiro atoms. The van der Waals surface area contributed by atoms with Gasteiger partial charge in [-0.3, -0.25) is 0 Å². The number of hydrogen-bond acceptors (Lipinski definition) is 2. The zero-order chi connectivity index (χ0) is 9.26. The molecule has 0 aromatic carbocycles. The average molecular weight is 183 g/mol. The van der Waals surface area contributed by atoms with Gasteiger partial charge in [-0.05, 0) is 25.7 Å². The highest BCUT2D eigenvalue weighted by atomic mass is 16.6. The molecule has 2 fully saturated rings. The van der Waals surface area contributed by atoms with Crippen LogP contribution in [0.15, 0.2) is 0 Å². The van der Waals surface area contributed by atoms with Crippen molar-refractivity contribution in [2.24, 2.45) is 5.92 Å². The van der Waals surface area contributed by atoms with Gasteiger partial charge in [0.05, 0.1) is 6.61 Å². The average Bonchev–Trinajstić information content (AvgIpc) is 2.07. The summed E-state index contributed by atoms with van der Waals surface area (Å²) in [4.78, 5) is 13.3. The number of ether oxygens (including phenoxy) is 1. The first kappa shape index (κ1) is 8.85. The summed E-state index contributed by atoms with van der Waals surface area (Å²) in [5.74, 6) is 0.776. The van der Waals surface area contributed by atoms with Crippen LogP contribution in [0.1, 0.15) is 32.6 Å². The Balaban J connectivity index is 1.86. The van der Waals surface area contributed by atoms with E-state index < -0.39 is 0 Å². The third kappa shape index (κ3) is 1.52. The second-order valence-corrected chi connectivity index (χ2v) is 3.96. The van der Waals surface area contributed by atoms with Gasteiger partial charge in [-0.1, -0.05) is 12.8 Å². The molecular formula is C10H17NO2. The maximum Gasteiger partial charge on any atom is 0.410 e. The SMILES string of the molecule is CCOC(=O)N1C[C@H]2CCCC[C@H]21. The molecule has 1 amide bonds. The van der Waals surface area contributed by atoms with Crippen LogP contribution in [-0.2, 0) is 4.74 Å². The van der Waals surface area contributed by atoms with Gasteiger partial charge in [0.15, 0.2) is 0 Å². The van der Waals surface area contributed by atoms with E-state index in [1.807, 2.05) is 11.8 Å². The second kappa shape index (κ2) is 3.56.